The van der Waals surface area contributed by atoms with E-state index in [-0.39, 0.29) is 0 Å². The van der Waals surface area contributed by atoms with Gasteiger partial charge in [-0.15, -0.1) is 0 Å². The quantitative estimate of drug-likeness (QED) is 0.749. The Bertz CT molecular complexity index is 536. The molecule has 0 bridgehead atoms. The van der Waals surface area contributed by atoms with E-state index < -0.39 is 0 Å². The Kier molecular flexibility index (Phi) is 11.5. The zero-order valence-electron chi connectivity index (χ0n) is 17.9. The van der Waals surface area contributed by atoms with Crippen molar-refractivity contribution in [2.75, 3.05) is 26.3 Å². The van der Waals surface area contributed by atoms with Crippen LogP contribution in [0.15, 0.2) is 48.9 Å². The van der Waals surface area contributed by atoms with Gasteiger partial charge in [0.2, 0.25) is 0 Å². The molecule has 1 aliphatic rings. The maximum atomic E-state index is 5.21. The average Bonchev–Trinajstić information content (AvgIpc) is 2.71. The summed E-state index contributed by atoms with van der Waals surface area (Å²) in [6.07, 6.45) is 5.53. The highest BCUT2D eigenvalue weighted by atomic mass is 16.5. The van der Waals surface area contributed by atoms with Crippen molar-refractivity contribution in [1.82, 2.24) is 14.9 Å². The van der Waals surface area contributed by atoms with Gasteiger partial charge >= 0.3 is 0 Å². The molecule has 4 heteroatoms. The molecule has 3 rings (SSSR count). The van der Waals surface area contributed by atoms with E-state index >= 15 is 0 Å². The van der Waals surface area contributed by atoms with Crippen molar-refractivity contribution in [3.05, 3.63) is 60.2 Å². The maximum absolute atomic E-state index is 5.21. The van der Waals surface area contributed by atoms with E-state index in [1.54, 1.807) is 6.20 Å². The maximum Gasteiger partial charge on any atom is 0.0594 e. The van der Waals surface area contributed by atoms with Gasteiger partial charge in [-0.3, -0.25) is 14.9 Å². The molecular weight excluding hydrogens is 334 g/mol. The zero-order chi connectivity index (χ0) is 20.1. The molecule has 3 heterocycles. The van der Waals surface area contributed by atoms with Crippen molar-refractivity contribution in [3.63, 3.8) is 0 Å². The van der Waals surface area contributed by atoms with E-state index in [2.05, 4.69) is 62.5 Å². The summed E-state index contributed by atoms with van der Waals surface area (Å²) in [7, 11) is 0. The highest BCUT2D eigenvalue weighted by Gasteiger charge is 2.11. The Morgan fingerprint density at radius 3 is 1.89 bits per heavy atom. The van der Waals surface area contributed by atoms with E-state index in [0.29, 0.717) is 17.9 Å². The lowest BCUT2D eigenvalue weighted by molar-refractivity contribution is 0.0238. The summed E-state index contributed by atoms with van der Waals surface area (Å²) < 4.78 is 5.21. The molecule has 0 amide bonds. The molecule has 0 saturated carbocycles. The number of morpholine rings is 1. The van der Waals surface area contributed by atoms with E-state index in [4.69, 9.17) is 4.74 Å². The number of nitrogens with zero attached hydrogens (tertiary/aromatic N) is 3. The standard InChI is InChI=1S/2C8H11N.C7H15NO/c1-7(2)8-4-3-5-9-6-8;1-7(2)8-5-3-4-6-9-8;1-7(2)8-3-5-9-6-4-8/h2*3-7H,1-2H3;7H,3-6H2,1-2H3. The topological polar surface area (TPSA) is 38.2 Å². The van der Waals surface area contributed by atoms with Crippen LogP contribution in [0.4, 0.5) is 0 Å². The zero-order valence-corrected chi connectivity index (χ0v) is 17.9. The first-order chi connectivity index (χ1) is 12.9. The number of ether oxygens (including phenoxy) is 1. The van der Waals surface area contributed by atoms with Crippen LogP contribution in [0.2, 0.25) is 0 Å². The Balaban J connectivity index is 0.000000202. The lowest BCUT2D eigenvalue weighted by Gasteiger charge is -2.29. The molecule has 27 heavy (non-hydrogen) atoms. The van der Waals surface area contributed by atoms with Crippen molar-refractivity contribution in [2.45, 2.75) is 59.4 Å². The van der Waals surface area contributed by atoms with E-state index in [1.165, 1.54) is 5.56 Å². The molecule has 1 saturated heterocycles. The van der Waals surface area contributed by atoms with Gasteiger partial charge in [-0.2, -0.15) is 0 Å². The molecule has 2 aromatic heterocycles. The molecule has 1 fully saturated rings. The molecule has 0 radical (unpaired) electrons. The second-order valence-electron chi connectivity index (χ2n) is 7.59. The fraction of sp³-hybridized carbons (Fsp3) is 0.565. The van der Waals surface area contributed by atoms with Gasteiger partial charge in [-0.25, -0.2) is 0 Å². The average molecular weight is 372 g/mol. The van der Waals surface area contributed by atoms with E-state index in [0.717, 1.165) is 32.0 Å². The molecule has 4 nitrogen and oxygen atoms in total. The monoisotopic (exact) mass is 371 g/mol. The Labute approximate surface area is 166 Å². The third-order valence-electron chi connectivity index (χ3n) is 4.41. The number of hydrogen-bond donors (Lipinski definition) is 0. The van der Waals surface area contributed by atoms with Gasteiger partial charge in [0.1, 0.15) is 0 Å². The number of aromatic nitrogens is 2. The van der Waals surface area contributed by atoms with Crippen LogP contribution in [0.25, 0.3) is 0 Å². The van der Waals surface area contributed by atoms with Crippen LogP contribution in [0.1, 0.15) is 64.6 Å². The van der Waals surface area contributed by atoms with Gasteiger partial charge in [-0.05, 0) is 49.4 Å². The minimum Gasteiger partial charge on any atom is -0.379 e. The van der Waals surface area contributed by atoms with Gasteiger partial charge in [0.15, 0.2) is 0 Å². The van der Waals surface area contributed by atoms with Gasteiger partial charge in [0.25, 0.3) is 0 Å². The predicted octanol–water partition coefficient (Wildman–Crippen LogP) is 5.14. The minimum atomic E-state index is 0.547. The highest BCUT2D eigenvalue weighted by molar-refractivity contribution is 5.12. The molecule has 1 aliphatic heterocycles. The smallest absolute Gasteiger partial charge is 0.0594 e. The SMILES string of the molecule is CC(C)N1CCOCC1.CC(C)c1ccccn1.CC(C)c1cccnc1. The van der Waals surface area contributed by atoms with Crippen LogP contribution in [-0.2, 0) is 4.74 Å². The predicted molar refractivity (Wildman–Crippen MR) is 114 cm³/mol. The summed E-state index contributed by atoms with van der Waals surface area (Å²) in [5, 5.41) is 0. The molecule has 2 aromatic rings. The van der Waals surface area contributed by atoms with Gasteiger partial charge in [0.05, 0.1) is 13.2 Å². The molecule has 0 atom stereocenters. The summed E-state index contributed by atoms with van der Waals surface area (Å²) in [6, 6.07) is 10.8. The first-order valence-electron chi connectivity index (χ1n) is 10.0. The van der Waals surface area contributed by atoms with Gasteiger partial charge < -0.3 is 4.74 Å². The third kappa shape index (κ3) is 10.2. The fourth-order valence-electron chi connectivity index (χ4n) is 2.53. The van der Waals surface area contributed by atoms with Crippen LogP contribution < -0.4 is 0 Å². The number of rotatable bonds is 3. The lowest BCUT2D eigenvalue weighted by Crippen LogP contribution is -2.40. The fourth-order valence-corrected chi connectivity index (χ4v) is 2.53. The van der Waals surface area contributed by atoms with Crippen molar-refractivity contribution in [3.8, 4) is 0 Å². The molecule has 150 valence electrons. The molecule has 0 aliphatic carbocycles. The van der Waals surface area contributed by atoms with Crippen LogP contribution in [0, 0.1) is 0 Å². The normalized spacial score (nSPS) is 14.4. The molecule has 0 aromatic carbocycles. The van der Waals surface area contributed by atoms with Crippen molar-refractivity contribution in [1.29, 1.82) is 0 Å². The van der Waals surface area contributed by atoms with Crippen LogP contribution in [0.5, 0.6) is 0 Å². The Morgan fingerprint density at radius 1 is 0.852 bits per heavy atom. The molecule has 0 N–H and O–H groups in total. The second kappa shape index (κ2) is 13.4. The van der Waals surface area contributed by atoms with Crippen molar-refractivity contribution < 1.29 is 4.74 Å². The first-order valence-corrected chi connectivity index (χ1v) is 10.0. The van der Waals surface area contributed by atoms with E-state index in [1.807, 2.05) is 36.7 Å². The van der Waals surface area contributed by atoms with Crippen molar-refractivity contribution >= 4 is 0 Å². The van der Waals surface area contributed by atoms with Crippen LogP contribution in [0.3, 0.4) is 0 Å². The minimum absolute atomic E-state index is 0.547. The van der Waals surface area contributed by atoms with Gasteiger partial charge in [0, 0.05) is 43.4 Å². The number of pyridine rings is 2. The molecular formula is C23H37N3O. The molecule has 0 spiro atoms. The summed E-state index contributed by atoms with van der Waals surface area (Å²) in [5.41, 5.74) is 2.47. The Hall–Kier alpha value is -1.78. The summed E-state index contributed by atoms with van der Waals surface area (Å²) in [6.45, 7) is 17.1. The Morgan fingerprint density at radius 2 is 1.56 bits per heavy atom. The summed E-state index contributed by atoms with van der Waals surface area (Å²) >= 11 is 0. The summed E-state index contributed by atoms with van der Waals surface area (Å²) in [4.78, 5) is 10.6. The first kappa shape index (κ1) is 23.3. The van der Waals surface area contributed by atoms with E-state index in [9.17, 15) is 0 Å². The number of hydrogen-bond acceptors (Lipinski definition) is 4. The van der Waals surface area contributed by atoms with Crippen LogP contribution >= 0.6 is 0 Å². The highest BCUT2D eigenvalue weighted by Crippen LogP contribution is 2.10. The largest absolute Gasteiger partial charge is 0.379 e. The van der Waals surface area contributed by atoms with Gasteiger partial charge in [-0.1, -0.05) is 39.8 Å². The van der Waals surface area contributed by atoms with Crippen molar-refractivity contribution in [2.24, 2.45) is 0 Å². The molecule has 0 unspecified atom stereocenters. The summed E-state index contributed by atoms with van der Waals surface area (Å²) in [5.74, 6) is 1.14. The third-order valence-corrected chi connectivity index (χ3v) is 4.41. The van der Waals surface area contributed by atoms with Crippen LogP contribution in [-0.4, -0.2) is 47.2 Å². The lowest BCUT2D eigenvalue weighted by atomic mass is 10.1. The second-order valence-corrected chi connectivity index (χ2v) is 7.59.